The molecule has 6 rings (SSSR count). The highest BCUT2D eigenvalue weighted by molar-refractivity contribution is 5.98. The average molecular weight is 1010 g/mol. The van der Waals surface area contributed by atoms with Gasteiger partial charge < -0.3 is 53.6 Å². The summed E-state index contributed by atoms with van der Waals surface area (Å²) in [6.45, 7) is 6.19. The zero-order valence-electron chi connectivity index (χ0n) is 40.4. The molecule has 1 aliphatic carbocycles. The van der Waals surface area contributed by atoms with Crippen LogP contribution in [0.15, 0.2) is 91.0 Å². The fourth-order valence-electron chi connectivity index (χ4n) is 8.27. The Bertz CT molecular complexity index is 2700. The van der Waals surface area contributed by atoms with Crippen molar-refractivity contribution in [2.75, 3.05) is 18.5 Å². The molecule has 3 N–H and O–H groups in total. The second kappa shape index (κ2) is 24.3. The number of aliphatic hydroxyl groups is 1. The Morgan fingerprint density at radius 2 is 1.34 bits per heavy atom. The number of hydrogen-bond donors (Lipinski definition) is 3. The van der Waals surface area contributed by atoms with Crippen LogP contribution < -0.4 is 20.1 Å². The zero-order chi connectivity index (χ0) is 53.1. The fourth-order valence-corrected chi connectivity index (χ4v) is 8.27. The van der Waals surface area contributed by atoms with Gasteiger partial charge in [0.25, 0.3) is 5.69 Å². The second-order valence-corrected chi connectivity index (χ2v) is 17.4. The number of Topliss-reactive ketones (excluding diaryl/α,β-unsaturated/α-hetero) is 2. The highest BCUT2D eigenvalue weighted by atomic mass is 16.7. The number of carbonyl (C=O) groups is 8. The van der Waals surface area contributed by atoms with Crippen LogP contribution in [0.1, 0.15) is 70.6 Å². The van der Waals surface area contributed by atoms with Crippen LogP contribution in [-0.4, -0.2) is 108 Å². The summed E-state index contributed by atoms with van der Waals surface area (Å²) in [6, 6.07) is 23.1. The van der Waals surface area contributed by atoms with E-state index in [1.165, 1.54) is 37.3 Å². The van der Waals surface area contributed by atoms with Crippen molar-refractivity contribution in [3.8, 4) is 22.6 Å². The SMILES string of the molecule is CC(=O)O[C@@H]1[C@@H](OC(C)=O)[C@H](Oc2cc(COC(=O)Oc3ccc([N+](=O)[O-])cc3)ccc2NC(=O)[C@H](C)CC(=O)[C@@H](NC(=O)OCC2c3ccccc3-c3ccccc32)C(C)C)O[C@H](C(=O)CO)[C@H]1OC(C)=O. The number of alkyl carbamates (subject to hydrolysis) is 1. The van der Waals surface area contributed by atoms with Crippen LogP contribution in [0.5, 0.6) is 11.5 Å². The molecule has 0 spiro atoms. The number of fused-ring (bicyclic) bond motifs is 3. The number of nitro benzene ring substituents is 1. The third kappa shape index (κ3) is 13.8. The summed E-state index contributed by atoms with van der Waals surface area (Å²) in [5.74, 6) is -7.31. The molecule has 4 aromatic rings. The van der Waals surface area contributed by atoms with Gasteiger partial charge in [0.05, 0.1) is 16.7 Å². The first-order valence-corrected chi connectivity index (χ1v) is 22.9. The van der Waals surface area contributed by atoms with Crippen molar-refractivity contribution < 1.29 is 86.3 Å². The Balaban J connectivity index is 1.21. The van der Waals surface area contributed by atoms with Gasteiger partial charge >= 0.3 is 30.2 Å². The van der Waals surface area contributed by atoms with E-state index < -0.39 is 114 Å². The Morgan fingerprint density at radius 3 is 1.92 bits per heavy atom. The van der Waals surface area contributed by atoms with Crippen LogP contribution in [0, 0.1) is 22.0 Å². The molecule has 2 aliphatic rings. The lowest BCUT2D eigenvalue weighted by Crippen LogP contribution is -2.64. The van der Waals surface area contributed by atoms with Crippen LogP contribution in [0.2, 0.25) is 0 Å². The maximum atomic E-state index is 14.0. The molecule has 386 valence electrons. The number of amides is 2. The van der Waals surface area contributed by atoms with Crippen molar-refractivity contribution in [3.05, 3.63) is 118 Å². The molecule has 4 aromatic carbocycles. The summed E-state index contributed by atoms with van der Waals surface area (Å²) >= 11 is 0. The largest absolute Gasteiger partial charge is 0.514 e. The molecule has 1 saturated heterocycles. The Hall–Kier alpha value is -8.24. The molecule has 1 aliphatic heterocycles. The van der Waals surface area contributed by atoms with E-state index in [0.717, 1.165) is 55.2 Å². The lowest BCUT2D eigenvalue weighted by molar-refractivity contribution is -0.384. The summed E-state index contributed by atoms with van der Waals surface area (Å²) in [5.41, 5.74) is 3.86. The molecule has 0 saturated carbocycles. The molecule has 1 fully saturated rings. The van der Waals surface area contributed by atoms with E-state index in [2.05, 4.69) is 10.6 Å². The van der Waals surface area contributed by atoms with Gasteiger partial charge in [0.1, 0.15) is 31.3 Å². The van der Waals surface area contributed by atoms with Crippen LogP contribution in [0.3, 0.4) is 0 Å². The molecular weight excluding hydrogens is 959 g/mol. The smallest absolute Gasteiger partial charge is 0.458 e. The van der Waals surface area contributed by atoms with Crippen LogP contribution in [0.25, 0.3) is 11.1 Å². The van der Waals surface area contributed by atoms with E-state index in [4.69, 9.17) is 37.9 Å². The topological polar surface area (TPSA) is 298 Å². The first-order chi connectivity index (χ1) is 34.7. The molecule has 7 atom stereocenters. The monoisotopic (exact) mass is 1010 g/mol. The minimum atomic E-state index is -1.92. The quantitative estimate of drug-likeness (QED) is 0.0307. The van der Waals surface area contributed by atoms with Crippen molar-refractivity contribution in [3.63, 3.8) is 0 Å². The fraction of sp³-hybridized carbons (Fsp3) is 0.373. The normalized spacial score (nSPS) is 18.6. The number of non-ortho nitro benzene ring substituents is 1. The summed E-state index contributed by atoms with van der Waals surface area (Å²) < 4.78 is 44.4. The molecular formula is C51H53N3O19. The minimum absolute atomic E-state index is 0.00234. The number of benzene rings is 4. The first-order valence-electron chi connectivity index (χ1n) is 22.9. The van der Waals surface area contributed by atoms with Crippen molar-refractivity contribution in [2.45, 2.75) is 97.2 Å². The maximum absolute atomic E-state index is 14.0. The Kier molecular flexibility index (Phi) is 18.0. The molecule has 2 amide bonds. The van der Waals surface area contributed by atoms with E-state index in [0.29, 0.717) is 0 Å². The van der Waals surface area contributed by atoms with Crippen molar-refractivity contribution in [1.29, 1.82) is 0 Å². The molecule has 1 heterocycles. The number of ketones is 2. The van der Waals surface area contributed by atoms with Crippen LogP contribution in [-0.2, 0) is 63.8 Å². The number of ether oxygens (including phenoxy) is 8. The van der Waals surface area contributed by atoms with Gasteiger partial charge in [-0.3, -0.25) is 38.9 Å². The molecule has 0 aromatic heterocycles. The molecule has 22 nitrogen and oxygen atoms in total. The van der Waals surface area contributed by atoms with Gasteiger partial charge in [0, 0.05) is 51.2 Å². The number of hydrogen-bond acceptors (Lipinski definition) is 19. The Labute approximate surface area is 417 Å². The van der Waals surface area contributed by atoms with Crippen molar-refractivity contribution in [1.82, 2.24) is 5.32 Å². The van der Waals surface area contributed by atoms with E-state index in [-0.39, 0.29) is 47.4 Å². The number of rotatable bonds is 20. The standard InChI is InChI=1S/C51H53N3O19/c1-26(2)43(53-50(62)66-25-38-36-13-9-7-11-34(36)35-12-8-10-14-37(35)38)40(59)21-27(3)48(61)52-39-20-15-31(24-67-51(63)71-33-18-16-32(17-19-33)54(64)65)22-42(39)72-49-47(70-30(6)58)46(69-29(5)57)45(68-28(4)56)44(73-49)41(60)23-55/h7-20,22,26-27,38,43-47,49,55H,21,23-25H2,1-6H3,(H,52,61)(H,53,62)/t27-,43+,44-,45-,46+,47-,49-/m1/s1. The number of aliphatic hydroxyl groups excluding tert-OH is 1. The number of nitrogens with zero attached hydrogens (tertiary/aromatic N) is 1. The molecule has 73 heavy (non-hydrogen) atoms. The number of anilines is 1. The van der Waals surface area contributed by atoms with Gasteiger partial charge in [0.2, 0.25) is 18.3 Å². The summed E-state index contributed by atoms with van der Waals surface area (Å²) in [5, 5.41) is 26.2. The predicted octanol–water partition coefficient (Wildman–Crippen LogP) is 5.87. The average Bonchev–Trinajstić information content (AvgIpc) is 3.66. The Morgan fingerprint density at radius 1 is 0.753 bits per heavy atom. The van der Waals surface area contributed by atoms with Gasteiger partial charge in [-0.25, -0.2) is 9.59 Å². The lowest BCUT2D eigenvalue weighted by Gasteiger charge is -2.43. The van der Waals surface area contributed by atoms with Crippen LogP contribution in [0.4, 0.5) is 21.0 Å². The number of nitro groups is 1. The van der Waals surface area contributed by atoms with Gasteiger partial charge in [-0.2, -0.15) is 0 Å². The lowest BCUT2D eigenvalue weighted by atomic mass is 9.93. The maximum Gasteiger partial charge on any atom is 0.514 e. The van der Waals surface area contributed by atoms with E-state index in [1.807, 2.05) is 48.5 Å². The molecule has 0 radical (unpaired) electrons. The second-order valence-electron chi connectivity index (χ2n) is 17.4. The molecule has 0 bridgehead atoms. The number of nitrogens with one attached hydrogen (secondary N) is 2. The van der Waals surface area contributed by atoms with E-state index in [9.17, 15) is 53.6 Å². The number of carbonyl (C=O) groups excluding carboxylic acids is 8. The van der Waals surface area contributed by atoms with Gasteiger partial charge in [0.15, 0.2) is 29.9 Å². The zero-order valence-corrected chi connectivity index (χ0v) is 40.4. The summed E-state index contributed by atoms with van der Waals surface area (Å²) in [4.78, 5) is 114. The first kappa shape index (κ1) is 54.1. The predicted molar refractivity (Wildman–Crippen MR) is 253 cm³/mol. The van der Waals surface area contributed by atoms with Crippen molar-refractivity contribution >= 4 is 59.0 Å². The third-order valence-corrected chi connectivity index (χ3v) is 11.6. The van der Waals surface area contributed by atoms with E-state index >= 15 is 0 Å². The van der Waals surface area contributed by atoms with E-state index in [1.54, 1.807) is 13.8 Å². The molecule has 22 heteroatoms. The van der Waals surface area contributed by atoms with Gasteiger partial charge in [-0.05, 0) is 58.0 Å². The highest BCUT2D eigenvalue weighted by Gasteiger charge is 2.55. The minimum Gasteiger partial charge on any atom is -0.458 e. The summed E-state index contributed by atoms with van der Waals surface area (Å²) in [6.07, 6.45) is -11.6. The highest BCUT2D eigenvalue weighted by Crippen LogP contribution is 2.44. The van der Waals surface area contributed by atoms with Crippen LogP contribution >= 0.6 is 0 Å². The van der Waals surface area contributed by atoms with Crippen molar-refractivity contribution in [2.24, 2.45) is 11.8 Å². The van der Waals surface area contributed by atoms with Gasteiger partial charge in [-0.1, -0.05) is 75.4 Å². The van der Waals surface area contributed by atoms with Gasteiger partial charge in [-0.15, -0.1) is 0 Å². The number of esters is 3. The molecule has 0 unspecified atom stereocenters. The summed E-state index contributed by atoms with van der Waals surface area (Å²) in [7, 11) is 0. The third-order valence-electron chi connectivity index (χ3n) is 11.6.